The quantitative estimate of drug-likeness (QED) is 0.702. The van der Waals surface area contributed by atoms with Gasteiger partial charge in [-0.1, -0.05) is 24.3 Å². The summed E-state index contributed by atoms with van der Waals surface area (Å²) in [6.45, 7) is 2.40. The molecule has 0 fully saturated rings. The molecular weight excluding hydrogens is 340 g/mol. The van der Waals surface area contributed by atoms with Gasteiger partial charge in [-0.15, -0.1) is 0 Å². The summed E-state index contributed by atoms with van der Waals surface area (Å²) >= 11 is 0. The highest BCUT2D eigenvalue weighted by atomic mass is 19.1. The van der Waals surface area contributed by atoms with E-state index < -0.39 is 5.97 Å². The van der Waals surface area contributed by atoms with Crippen molar-refractivity contribution >= 4 is 11.7 Å². The van der Waals surface area contributed by atoms with Crippen LogP contribution in [0.25, 0.3) is 0 Å². The van der Waals surface area contributed by atoms with E-state index in [4.69, 9.17) is 0 Å². The van der Waals surface area contributed by atoms with Crippen molar-refractivity contribution in [2.45, 2.75) is 20.0 Å². The van der Waals surface area contributed by atoms with Crippen molar-refractivity contribution in [2.75, 3.05) is 4.90 Å². The van der Waals surface area contributed by atoms with Gasteiger partial charge in [-0.05, 0) is 42.3 Å². The third-order valence-electron chi connectivity index (χ3n) is 4.02. The maximum absolute atomic E-state index is 13.2. The molecule has 134 valence electrons. The van der Waals surface area contributed by atoms with Crippen LogP contribution in [0, 0.1) is 18.6 Å². The van der Waals surface area contributed by atoms with Crippen LogP contribution in [-0.2, 0) is 13.1 Å². The maximum atomic E-state index is 13.2. The van der Waals surface area contributed by atoms with Gasteiger partial charge in [0.2, 0.25) is 0 Å². The number of aromatic carboxylic acids is 1. The maximum Gasteiger partial charge on any atom is 0.356 e. The fourth-order valence-corrected chi connectivity index (χ4v) is 2.80. The number of aromatic amines is 1. The minimum atomic E-state index is -1.12. The van der Waals surface area contributed by atoms with Gasteiger partial charge < -0.3 is 10.0 Å². The van der Waals surface area contributed by atoms with E-state index in [9.17, 15) is 18.7 Å². The third kappa shape index (κ3) is 3.88. The topological polar surface area (TPSA) is 69.2 Å². The Hall–Kier alpha value is -3.22. The predicted molar refractivity (Wildman–Crippen MR) is 93.0 cm³/mol. The van der Waals surface area contributed by atoms with Gasteiger partial charge >= 0.3 is 5.97 Å². The van der Waals surface area contributed by atoms with Crippen LogP contribution in [0.4, 0.5) is 14.5 Å². The number of hydrogen-bond acceptors (Lipinski definition) is 3. The molecule has 0 amide bonds. The Morgan fingerprint density at radius 2 is 1.46 bits per heavy atom. The average Bonchev–Trinajstić information content (AvgIpc) is 3.00. The molecule has 0 radical (unpaired) electrons. The number of nitrogens with one attached hydrogen (secondary N) is 1. The van der Waals surface area contributed by atoms with E-state index in [0.717, 1.165) is 11.1 Å². The van der Waals surface area contributed by atoms with Crippen LogP contribution in [0.5, 0.6) is 0 Å². The van der Waals surface area contributed by atoms with Crippen LogP contribution in [0.2, 0.25) is 0 Å². The number of halogens is 2. The zero-order chi connectivity index (χ0) is 18.7. The molecule has 0 bridgehead atoms. The molecule has 26 heavy (non-hydrogen) atoms. The van der Waals surface area contributed by atoms with E-state index in [1.165, 1.54) is 24.3 Å². The summed E-state index contributed by atoms with van der Waals surface area (Å²) in [4.78, 5) is 13.4. The Labute approximate surface area is 148 Å². The van der Waals surface area contributed by atoms with Gasteiger partial charge in [0.15, 0.2) is 5.69 Å². The van der Waals surface area contributed by atoms with Crippen LogP contribution in [0.15, 0.2) is 48.5 Å². The van der Waals surface area contributed by atoms with Crippen molar-refractivity contribution in [1.82, 2.24) is 10.2 Å². The number of aromatic nitrogens is 2. The molecule has 0 spiro atoms. The second-order valence-electron chi connectivity index (χ2n) is 5.95. The first-order chi connectivity index (χ1) is 12.4. The Kier molecular flexibility index (Phi) is 4.97. The number of H-pyrrole nitrogens is 1. The van der Waals surface area contributed by atoms with E-state index in [0.29, 0.717) is 24.5 Å². The van der Waals surface area contributed by atoms with E-state index >= 15 is 0 Å². The number of anilines is 1. The molecule has 0 saturated heterocycles. The number of benzene rings is 2. The Balaban J connectivity index is 1.98. The molecule has 0 aliphatic rings. The summed E-state index contributed by atoms with van der Waals surface area (Å²) in [5, 5.41) is 16.0. The largest absolute Gasteiger partial charge is 0.476 e. The highest BCUT2D eigenvalue weighted by molar-refractivity contribution is 5.92. The van der Waals surface area contributed by atoms with Crippen LogP contribution in [0.3, 0.4) is 0 Å². The molecule has 0 saturated carbocycles. The van der Waals surface area contributed by atoms with Gasteiger partial charge in [0.25, 0.3) is 0 Å². The van der Waals surface area contributed by atoms with E-state index in [1.54, 1.807) is 31.2 Å². The summed E-state index contributed by atoms with van der Waals surface area (Å²) in [6.07, 6.45) is 0. The molecule has 1 aromatic heterocycles. The van der Waals surface area contributed by atoms with Crippen LogP contribution in [0.1, 0.15) is 27.3 Å². The standard InChI is InChI=1S/C19H17F2N3O2/c1-12-18(17(19(25)26)23-22-12)24(10-13-2-6-15(20)7-3-13)11-14-4-8-16(21)9-5-14/h2-9H,10-11H2,1H3,(H,22,23)(H,25,26). The van der Waals surface area contributed by atoms with Crippen molar-refractivity contribution in [1.29, 1.82) is 0 Å². The van der Waals surface area contributed by atoms with Crippen molar-refractivity contribution in [3.63, 3.8) is 0 Å². The smallest absolute Gasteiger partial charge is 0.356 e. The monoisotopic (exact) mass is 357 g/mol. The highest BCUT2D eigenvalue weighted by Crippen LogP contribution is 2.27. The molecule has 0 aliphatic carbocycles. The molecule has 7 heteroatoms. The molecule has 1 heterocycles. The molecule has 0 atom stereocenters. The number of hydrogen-bond donors (Lipinski definition) is 2. The molecule has 0 unspecified atom stereocenters. The van der Waals surface area contributed by atoms with Gasteiger partial charge in [-0.2, -0.15) is 5.10 Å². The summed E-state index contributed by atoms with van der Waals surface area (Å²) in [5.74, 6) is -1.81. The van der Waals surface area contributed by atoms with Crippen LogP contribution in [-0.4, -0.2) is 21.3 Å². The van der Waals surface area contributed by atoms with E-state index in [-0.39, 0.29) is 17.3 Å². The fourth-order valence-electron chi connectivity index (χ4n) is 2.80. The minimum Gasteiger partial charge on any atom is -0.476 e. The lowest BCUT2D eigenvalue weighted by Gasteiger charge is -2.25. The van der Waals surface area contributed by atoms with E-state index in [1.807, 2.05) is 4.90 Å². The number of aryl methyl sites for hydroxylation is 1. The second-order valence-corrected chi connectivity index (χ2v) is 5.95. The first-order valence-corrected chi connectivity index (χ1v) is 7.96. The molecule has 3 rings (SSSR count). The van der Waals surface area contributed by atoms with Gasteiger partial charge in [-0.3, -0.25) is 5.10 Å². The fraction of sp³-hybridized carbons (Fsp3) is 0.158. The van der Waals surface area contributed by atoms with E-state index in [2.05, 4.69) is 10.2 Å². The lowest BCUT2D eigenvalue weighted by atomic mass is 10.1. The molecular formula is C19H17F2N3O2. The lowest BCUT2D eigenvalue weighted by molar-refractivity contribution is 0.0691. The first-order valence-electron chi connectivity index (χ1n) is 7.96. The lowest BCUT2D eigenvalue weighted by Crippen LogP contribution is -2.24. The molecule has 5 nitrogen and oxygen atoms in total. The summed E-state index contributed by atoms with van der Waals surface area (Å²) < 4.78 is 26.3. The van der Waals surface area contributed by atoms with Gasteiger partial charge in [0.1, 0.15) is 11.6 Å². The Morgan fingerprint density at radius 3 is 1.88 bits per heavy atom. The summed E-state index contributed by atoms with van der Waals surface area (Å²) in [7, 11) is 0. The zero-order valence-corrected chi connectivity index (χ0v) is 14.0. The average molecular weight is 357 g/mol. The number of nitrogens with zero attached hydrogens (tertiary/aromatic N) is 2. The van der Waals surface area contributed by atoms with Gasteiger partial charge in [-0.25, -0.2) is 13.6 Å². The van der Waals surface area contributed by atoms with Crippen LogP contribution >= 0.6 is 0 Å². The third-order valence-corrected chi connectivity index (χ3v) is 4.02. The first kappa shape index (κ1) is 17.6. The minimum absolute atomic E-state index is 0.0216. The number of carbonyl (C=O) groups is 1. The summed E-state index contributed by atoms with van der Waals surface area (Å²) in [6, 6.07) is 12.0. The Morgan fingerprint density at radius 1 is 1.00 bits per heavy atom. The second kappa shape index (κ2) is 7.35. The molecule has 3 aromatic rings. The highest BCUT2D eigenvalue weighted by Gasteiger charge is 2.22. The molecule has 0 aliphatic heterocycles. The van der Waals surface area contributed by atoms with Gasteiger partial charge in [0, 0.05) is 13.1 Å². The zero-order valence-electron chi connectivity index (χ0n) is 14.0. The number of rotatable bonds is 6. The predicted octanol–water partition coefficient (Wildman–Crippen LogP) is 3.90. The van der Waals surface area contributed by atoms with Crippen molar-refractivity contribution in [3.05, 3.63) is 82.7 Å². The van der Waals surface area contributed by atoms with Crippen molar-refractivity contribution in [2.24, 2.45) is 0 Å². The van der Waals surface area contributed by atoms with Gasteiger partial charge in [0.05, 0.1) is 11.4 Å². The van der Waals surface area contributed by atoms with Crippen molar-refractivity contribution < 1.29 is 18.7 Å². The molecule has 2 aromatic carbocycles. The van der Waals surface area contributed by atoms with Crippen molar-refractivity contribution in [3.8, 4) is 0 Å². The molecule has 2 N–H and O–H groups in total. The summed E-state index contributed by atoms with van der Waals surface area (Å²) in [5.41, 5.74) is 2.58. The SMILES string of the molecule is Cc1n[nH]c(C(=O)O)c1N(Cc1ccc(F)cc1)Cc1ccc(F)cc1. The number of carboxylic acids is 1. The Bertz CT molecular complexity index is 858. The number of carboxylic acid groups (broad SMARTS) is 1. The normalized spacial score (nSPS) is 10.7. The van der Waals surface area contributed by atoms with Crippen LogP contribution < -0.4 is 4.90 Å².